The van der Waals surface area contributed by atoms with E-state index in [-0.39, 0.29) is 12.5 Å². The van der Waals surface area contributed by atoms with Gasteiger partial charge < -0.3 is 20.1 Å². The van der Waals surface area contributed by atoms with E-state index in [2.05, 4.69) is 10.6 Å². The molecule has 1 unspecified atom stereocenters. The quantitative estimate of drug-likeness (QED) is 0.521. The lowest BCUT2D eigenvalue weighted by atomic mass is 9.95. The Morgan fingerprint density at radius 2 is 1.90 bits per heavy atom. The third-order valence-electron chi connectivity index (χ3n) is 4.52. The molecule has 0 aliphatic heterocycles. The zero-order valence-electron chi connectivity index (χ0n) is 17.5. The van der Waals surface area contributed by atoms with Crippen molar-refractivity contribution in [3.8, 4) is 0 Å². The maximum Gasteiger partial charge on any atom is 0.341 e. The Morgan fingerprint density at radius 1 is 1.17 bits per heavy atom. The number of carbonyl (C=O) groups excluding carboxylic acids is 4. The predicted octanol–water partition coefficient (Wildman–Crippen LogP) is 2.54. The highest BCUT2D eigenvalue weighted by atomic mass is 32.2. The SMILES string of the molecule is CCOC(=O)c1c(NC(=O)COC(=O)C(CCSC)NC(C)=O)sc2c1CCCC2. The van der Waals surface area contributed by atoms with Gasteiger partial charge in [0.2, 0.25) is 5.91 Å². The van der Waals surface area contributed by atoms with Crippen molar-refractivity contribution in [3.63, 3.8) is 0 Å². The fourth-order valence-corrected chi connectivity index (χ4v) is 4.97. The molecule has 0 fully saturated rings. The van der Waals surface area contributed by atoms with Crippen LogP contribution in [-0.4, -0.2) is 55.0 Å². The molecule has 2 rings (SSSR count). The van der Waals surface area contributed by atoms with Gasteiger partial charge in [-0.2, -0.15) is 11.8 Å². The number of thiophene rings is 1. The molecule has 0 spiro atoms. The van der Waals surface area contributed by atoms with Gasteiger partial charge in [-0.05, 0) is 56.6 Å². The highest BCUT2D eigenvalue weighted by molar-refractivity contribution is 7.98. The number of hydrogen-bond donors (Lipinski definition) is 2. The van der Waals surface area contributed by atoms with Gasteiger partial charge in [0.15, 0.2) is 6.61 Å². The normalized spacial score (nSPS) is 13.7. The lowest BCUT2D eigenvalue weighted by molar-refractivity contribution is -0.150. The van der Waals surface area contributed by atoms with E-state index >= 15 is 0 Å². The van der Waals surface area contributed by atoms with Gasteiger partial charge >= 0.3 is 11.9 Å². The number of carbonyl (C=O) groups is 4. The van der Waals surface area contributed by atoms with Crippen molar-refractivity contribution < 1.29 is 28.7 Å². The lowest BCUT2D eigenvalue weighted by Gasteiger charge is -2.16. The van der Waals surface area contributed by atoms with Crippen molar-refractivity contribution in [2.75, 3.05) is 30.5 Å². The fraction of sp³-hybridized carbons (Fsp3) is 0.600. The number of rotatable bonds is 10. The van der Waals surface area contributed by atoms with Crippen molar-refractivity contribution in [1.82, 2.24) is 5.32 Å². The van der Waals surface area contributed by atoms with Crippen LogP contribution < -0.4 is 10.6 Å². The number of esters is 2. The maximum atomic E-state index is 12.4. The van der Waals surface area contributed by atoms with E-state index in [9.17, 15) is 19.2 Å². The number of fused-ring (bicyclic) bond motifs is 1. The van der Waals surface area contributed by atoms with E-state index in [1.54, 1.807) is 18.7 Å². The summed E-state index contributed by atoms with van der Waals surface area (Å²) < 4.78 is 10.3. The van der Waals surface area contributed by atoms with Crippen molar-refractivity contribution in [2.24, 2.45) is 0 Å². The van der Waals surface area contributed by atoms with Crippen LogP contribution in [0.5, 0.6) is 0 Å². The van der Waals surface area contributed by atoms with Crippen molar-refractivity contribution in [2.45, 2.75) is 52.0 Å². The minimum absolute atomic E-state index is 0.245. The molecule has 1 aromatic rings. The van der Waals surface area contributed by atoms with Crippen LogP contribution in [0, 0.1) is 0 Å². The minimum Gasteiger partial charge on any atom is -0.462 e. The molecule has 8 nitrogen and oxygen atoms in total. The third-order valence-corrected chi connectivity index (χ3v) is 6.37. The van der Waals surface area contributed by atoms with Crippen LogP contribution in [0.1, 0.15) is 53.9 Å². The predicted molar refractivity (Wildman–Crippen MR) is 117 cm³/mol. The molecule has 0 radical (unpaired) electrons. The number of aryl methyl sites for hydroxylation is 1. The van der Waals surface area contributed by atoms with Gasteiger partial charge in [-0.15, -0.1) is 11.3 Å². The van der Waals surface area contributed by atoms with E-state index < -0.39 is 30.5 Å². The van der Waals surface area contributed by atoms with Gasteiger partial charge in [-0.3, -0.25) is 9.59 Å². The zero-order valence-corrected chi connectivity index (χ0v) is 19.1. The Labute approximate surface area is 184 Å². The Hall–Kier alpha value is -2.07. The summed E-state index contributed by atoms with van der Waals surface area (Å²) in [4.78, 5) is 49.5. The van der Waals surface area contributed by atoms with E-state index in [0.29, 0.717) is 22.7 Å². The Balaban J connectivity index is 2.03. The number of amides is 2. The van der Waals surface area contributed by atoms with E-state index in [0.717, 1.165) is 36.1 Å². The third kappa shape index (κ3) is 6.73. The Morgan fingerprint density at radius 3 is 2.57 bits per heavy atom. The number of ether oxygens (including phenoxy) is 2. The summed E-state index contributed by atoms with van der Waals surface area (Å²) in [7, 11) is 0. The van der Waals surface area contributed by atoms with Crippen LogP contribution >= 0.6 is 23.1 Å². The average Bonchev–Trinajstić information content (AvgIpc) is 3.06. The summed E-state index contributed by atoms with van der Waals surface area (Å²) in [6.07, 6.45) is 5.98. The first-order valence-corrected chi connectivity index (χ1v) is 12.1. The van der Waals surface area contributed by atoms with Crippen molar-refractivity contribution in [1.29, 1.82) is 0 Å². The van der Waals surface area contributed by atoms with Gasteiger partial charge in [0, 0.05) is 11.8 Å². The lowest BCUT2D eigenvalue weighted by Crippen LogP contribution is -2.42. The first kappa shape index (κ1) is 24.2. The molecule has 0 aromatic carbocycles. The van der Waals surface area contributed by atoms with Crippen LogP contribution in [0.15, 0.2) is 0 Å². The summed E-state index contributed by atoms with van der Waals surface area (Å²) in [5, 5.41) is 5.67. The highest BCUT2D eigenvalue weighted by Gasteiger charge is 2.28. The van der Waals surface area contributed by atoms with Crippen molar-refractivity contribution >= 4 is 51.9 Å². The molecular formula is C20H28N2O6S2. The standard InChI is InChI=1S/C20H28N2O6S2/c1-4-27-20(26)17-13-7-5-6-8-15(13)30-18(17)22-16(24)11-28-19(25)14(9-10-29-3)21-12(2)23/h14H,4-11H2,1-3H3,(H,21,23)(H,22,24). The van der Waals surface area contributed by atoms with E-state index in [1.165, 1.54) is 18.3 Å². The summed E-state index contributed by atoms with van der Waals surface area (Å²) in [6.45, 7) is 2.80. The van der Waals surface area contributed by atoms with Crippen LogP contribution in [0.2, 0.25) is 0 Å². The largest absolute Gasteiger partial charge is 0.462 e. The number of nitrogens with one attached hydrogen (secondary N) is 2. The van der Waals surface area contributed by atoms with Crippen LogP contribution in [0.25, 0.3) is 0 Å². The van der Waals surface area contributed by atoms with Crippen LogP contribution in [0.4, 0.5) is 5.00 Å². The Bertz CT molecular complexity index is 793. The second kappa shape index (κ2) is 11.9. The summed E-state index contributed by atoms with van der Waals surface area (Å²) in [5.41, 5.74) is 1.35. The highest BCUT2D eigenvalue weighted by Crippen LogP contribution is 2.38. The van der Waals surface area contributed by atoms with Gasteiger partial charge in [0.25, 0.3) is 5.91 Å². The Kier molecular flexibility index (Phi) is 9.64. The second-order valence-electron chi connectivity index (χ2n) is 6.83. The molecule has 0 saturated carbocycles. The molecule has 30 heavy (non-hydrogen) atoms. The zero-order chi connectivity index (χ0) is 22.1. The molecule has 2 N–H and O–H groups in total. The minimum atomic E-state index is -0.799. The number of anilines is 1. The molecule has 2 amide bonds. The molecule has 1 aromatic heterocycles. The monoisotopic (exact) mass is 456 g/mol. The number of hydrogen-bond acceptors (Lipinski definition) is 8. The second-order valence-corrected chi connectivity index (χ2v) is 8.92. The molecule has 1 aliphatic carbocycles. The van der Waals surface area contributed by atoms with Gasteiger partial charge in [-0.1, -0.05) is 0 Å². The molecule has 166 valence electrons. The van der Waals surface area contributed by atoms with E-state index in [1.807, 2.05) is 6.26 Å². The maximum absolute atomic E-state index is 12.4. The first-order chi connectivity index (χ1) is 14.4. The molecule has 0 saturated heterocycles. The molecule has 1 aliphatic rings. The van der Waals surface area contributed by atoms with Crippen LogP contribution in [0.3, 0.4) is 0 Å². The van der Waals surface area contributed by atoms with Crippen molar-refractivity contribution in [3.05, 3.63) is 16.0 Å². The molecular weight excluding hydrogens is 428 g/mol. The van der Waals surface area contributed by atoms with Gasteiger partial charge in [-0.25, -0.2) is 9.59 Å². The van der Waals surface area contributed by atoms with Gasteiger partial charge in [0.1, 0.15) is 11.0 Å². The molecule has 10 heteroatoms. The van der Waals surface area contributed by atoms with E-state index in [4.69, 9.17) is 9.47 Å². The topological polar surface area (TPSA) is 111 Å². The summed E-state index contributed by atoms with van der Waals surface area (Å²) in [6, 6.07) is -0.799. The average molecular weight is 457 g/mol. The fourth-order valence-electron chi connectivity index (χ4n) is 3.20. The first-order valence-electron chi connectivity index (χ1n) is 9.91. The summed E-state index contributed by atoms with van der Waals surface area (Å²) in [5.74, 6) is -1.34. The molecule has 0 bridgehead atoms. The summed E-state index contributed by atoms with van der Waals surface area (Å²) >= 11 is 2.91. The smallest absolute Gasteiger partial charge is 0.341 e. The molecule has 1 heterocycles. The number of thioether (sulfide) groups is 1. The van der Waals surface area contributed by atoms with Gasteiger partial charge in [0.05, 0.1) is 12.2 Å². The van der Waals surface area contributed by atoms with Crippen LogP contribution in [-0.2, 0) is 36.7 Å². The molecule has 1 atom stereocenters.